The molecule has 66 heavy (non-hydrogen) atoms. The van der Waals surface area contributed by atoms with Gasteiger partial charge in [-0.05, 0) is 93.1 Å². The van der Waals surface area contributed by atoms with Gasteiger partial charge in [0.05, 0.1) is 7.11 Å². The second kappa shape index (κ2) is 23.2. The fraction of sp³-hybridized carbons (Fsp3) is 0.582. The number of allylic oxidation sites excluding steroid dienone is 5. The third kappa shape index (κ3) is 11.7. The van der Waals surface area contributed by atoms with Crippen molar-refractivity contribution in [3.63, 3.8) is 0 Å². The van der Waals surface area contributed by atoms with E-state index in [9.17, 15) is 19.5 Å². The number of carbonyl (C=O) groups is 3. The van der Waals surface area contributed by atoms with E-state index in [-0.39, 0.29) is 77.3 Å². The largest absolute Gasteiger partial charge is 2.00 e. The van der Waals surface area contributed by atoms with Gasteiger partial charge in [0, 0.05) is 12.0 Å². The topological polar surface area (TPSA) is 149 Å². The Morgan fingerprint density at radius 1 is 0.818 bits per heavy atom. The van der Waals surface area contributed by atoms with Gasteiger partial charge < -0.3 is 35.2 Å². The maximum absolute atomic E-state index is 14.4. The van der Waals surface area contributed by atoms with E-state index >= 15 is 0 Å². The Kier molecular flexibility index (Phi) is 18.5. The van der Waals surface area contributed by atoms with Crippen LogP contribution in [0.5, 0.6) is 0 Å². The van der Waals surface area contributed by atoms with Gasteiger partial charge in [0.25, 0.3) is 0 Å². The monoisotopic (exact) mass is 910 g/mol. The van der Waals surface area contributed by atoms with E-state index in [1.54, 1.807) is 0 Å². The van der Waals surface area contributed by atoms with Gasteiger partial charge >= 0.3 is 35.0 Å². The van der Waals surface area contributed by atoms with Crippen LogP contribution in [-0.4, -0.2) is 54.5 Å². The van der Waals surface area contributed by atoms with E-state index in [0.717, 1.165) is 42.5 Å². The molecule has 1 aliphatic carbocycles. The molecule has 2 aromatic rings. The summed E-state index contributed by atoms with van der Waals surface area (Å²) in [5, 5.41) is 23.3. The summed E-state index contributed by atoms with van der Waals surface area (Å²) in [5.74, 6) is -1.22. The number of ether oxygens (including phenoxy) is 2. The smallest absolute Gasteiger partial charge is 0.872 e. The molecule has 0 spiro atoms. The maximum Gasteiger partial charge on any atom is 2.00 e. The number of esters is 2. The van der Waals surface area contributed by atoms with Crippen molar-refractivity contribution in [2.75, 3.05) is 13.7 Å². The molecule has 3 aliphatic heterocycles. The number of rotatable bonds is 20. The minimum absolute atomic E-state index is 0. The molecule has 0 saturated carbocycles. The number of hydrogen-bond donors (Lipinski definition) is 0. The molecule has 0 N–H and O–H groups in total. The van der Waals surface area contributed by atoms with E-state index in [1.165, 1.54) is 57.6 Å². The van der Waals surface area contributed by atoms with Gasteiger partial charge in [-0.15, -0.1) is 35.1 Å². The third-order valence-corrected chi connectivity index (χ3v) is 14.7. The van der Waals surface area contributed by atoms with Crippen molar-refractivity contribution >= 4 is 70.3 Å². The van der Waals surface area contributed by atoms with Crippen molar-refractivity contribution in [2.24, 2.45) is 47.3 Å². The molecule has 10 nitrogen and oxygen atoms in total. The molecule has 2 aromatic heterocycles. The number of aromatic nitrogens is 2. The molecule has 6 rings (SSSR count). The quantitative estimate of drug-likeness (QED) is 0.0419. The second-order valence-electron chi connectivity index (χ2n) is 20.0. The molecule has 2 saturated heterocycles. The molecule has 2 fully saturated rings. The summed E-state index contributed by atoms with van der Waals surface area (Å²) in [4.78, 5) is 51.4. The predicted molar refractivity (Wildman–Crippen MR) is 265 cm³/mol. The number of ketones is 1. The maximum atomic E-state index is 14.4. The summed E-state index contributed by atoms with van der Waals surface area (Å²) in [6, 6.07) is 0. The van der Waals surface area contributed by atoms with Crippen LogP contribution in [0.4, 0.5) is 0 Å². The average Bonchev–Trinajstić information content (AvgIpc) is 4.00. The molecule has 0 radical (unpaired) electrons. The molecule has 0 aromatic carbocycles. The Hall–Kier alpha value is -4.22. The first-order valence-electron chi connectivity index (χ1n) is 24.4. The summed E-state index contributed by atoms with van der Waals surface area (Å²) < 4.78 is 11.0. The van der Waals surface area contributed by atoms with Crippen LogP contribution in [0, 0.1) is 61.2 Å². The van der Waals surface area contributed by atoms with Crippen molar-refractivity contribution in [1.29, 1.82) is 0 Å². The van der Waals surface area contributed by atoms with Gasteiger partial charge in [0.15, 0.2) is 5.78 Å². The predicted octanol–water partition coefficient (Wildman–Crippen LogP) is 12.0. The van der Waals surface area contributed by atoms with E-state index in [2.05, 4.69) is 55.0 Å². The van der Waals surface area contributed by atoms with Crippen LogP contribution in [0.15, 0.2) is 41.0 Å². The van der Waals surface area contributed by atoms with Crippen molar-refractivity contribution in [2.45, 2.75) is 146 Å². The molecule has 8 bridgehead atoms. The first-order chi connectivity index (χ1) is 30.9. The number of carbonyl (C=O) groups excluding carboxylic acids is 3. The molecule has 0 unspecified atom stereocenters. The second-order valence-corrected chi connectivity index (χ2v) is 20.0. The Labute approximate surface area is 411 Å². The number of nitrogens with zero attached hydrogens (tertiary/aromatic N) is 4. The Morgan fingerprint density at radius 3 is 2.05 bits per heavy atom. The number of fused-ring (bicyclic) bond motifs is 7. The normalized spacial score (nSPS) is 25.5. The SMILES string of the molecule is C=C([O-])c1c2[n-]c(c1C)/C=C1\[N-]/C(=C3\c4[n-]c(c(C)c4C(=O)[C@@H]3C(=O)OC)/C=C3\[N-]/C(=C\2)[C@H](C)[C@H]3CC)[C@@H](CCC(=O)OC/C=C(\C)CCC[C@H](C)CCC[C@H](C)CCCC(C)C)[C@@H]1C.[Mg+2]. The number of Topliss-reactive ketones (excluding diaryl/α,β-unsaturated/α-hetero) is 1. The molecule has 7 atom stereocenters. The minimum Gasteiger partial charge on any atom is -0.872 e. The van der Waals surface area contributed by atoms with E-state index in [4.69, 9.17) is 30.1 Å². The summed E-state index contributed by atoms with van der Waals surface area (Å²) >= 11 is 0. The average molecular weight is 911 g/mol. The van der Waals surface area contributed by atoms with Crippen LogP contribution >= 0.6 is 0 Å². The van der Waals surface area contributed by atoms with Crippen molar-refractivity contribution in [3.05, 3.63) is 96.7 Å². The zero-order valence-corrected chi connectivity index (χ0v) is 43.2. The summed E-state index contributed by atoms with van der Waals surface area (Å²) in [7, 11) is 1.28. The van der Waals surface area contributed by atoms with Gasteiger partial charge in [-0.2, -0.15) is 22.8 Å². The number of hydrogen-bond acceptors (Lipinski definition) is 6. The van der Waals surface area contributed by atoms with Crippen molar-refractivity contribution < 1.29 is 29.0 Å². The first kappa shape index (κ1) is 52.7. The van der Waals surface area contributed by atoms with Gasteiger partial charge in [-0.3, -0.25) is 14.4 Å². The fourth-order valence-electron chi connectivity index (χ4n) is 10.5. The standard InChI is InChI=1S/C55H75N4O6.Mg/c1-13-39-34(7)41-29-46-48(38(11)60)36(9)43(57-46)27-42-35(8)40(52(58-42)50-51(55(63)64-12)54(62)49-37(10)44(59-53(49)50)28-45(39)56-41)23-24-47(61)65-26-25-33(6)22-16-21-32(5)20-15-19-31(4)18-14-17-30(2)3;/h25,27-32,34-35,39-40,51H,11,13-24,26H2,1-10,12H3,(H2-,58,59,60,62);/q-3;+2/p-2/b33-25+,41-29-,42-27-,45-28-;/t31-,32-,34-,35+,39-,40+,51-;/m1./s1. The first-order valence-corrected chi connectivity index (χ1v) is 24.4. The van der Waals surface area contributed by atoms with Gasteiger partial charge in [-0.1, -0.05) is 140 Å². The fourth-order valence-corrected chi connectivity index (χ4v) is 10.5. The zero-order valence-electron chi connectivity index (χ0n) is 41.8. The summed E-state index contributed by atoms with van der Waals surface area (Å²) in [6.45, 7) is 25.4. The van der Waals surface area contributed by atoms with Gasteiger partial charge in [0.1, 0.15) is 12.5 Å². The van der Waals surface area contributed by atoms with Crippen LogP contribution in [0.1, 0.15) is 182 Å². The summed E-state index contributed by atoms with van der Waals surface area (Å²) in [5.41, 5.74) is 8.70. The Bertz CT molecular complexity index is 2280. The molecule has 0 amide bonds. The Morgan fingerprint density at radius 2 is 1.41 bits per heavy atom. The molecule has 5 heterocycles. The third-order valence-electron chi connectivity index (χ3n) is 14.7. The minimum atomic E-state index is -1.25. The number of methoxy groups -OCH3 is 1. The van der Waals surface area contributed by atoms with Crippen molar-refractivity contribution in [3.8, 4) is 0 Å². The van der Waals surface area contributed by atoms with E-state index in [0.29, 0.717) is 74.3 Å². The molecular formula is C55H73MgN4O6-3. The van der Waals surface area contributed by atoms with Gasteiger partial charge in [-0.25, -0.2) is 0 Å². The van der Waals surface area contributed by atoms with E-state index < -0.39 is 11.9 Å². The summed E-state index contributed by atoms with van der Waals surface area (Å²) in [6.07, 6.45) is 20.2. The molecule has 11 heteroatoms. The van der Waals surface area contributed by atoms with Crippen LogP contribution in [0.2, 0.25) is 0 Å². The van der Waals surface area contributed by atoms with Crippen LogP contribution < -0.4 is 15.1 Å². The van der Waals surface area contributed by atoms with Crippen molar-refractivity contribution in [1.82, 2.24) is 9.97 Å². The molecular weight excluding hydrogens is 837 g/mol. The van der Waals surface area contributed by atoms with Crippen LogP contribution in [0.3, 0.4) is 0 Å². The molecule has 354 valence electrons. The Balaban J connectivity index is 0.00000817. The van der Waals surface area contributed by atoms with Crippen LogP contribution in [-0.2, 0) is 19.1 Å². The molecule has 4 aliphatic rings. The van der Waals surface area contributed by atoms with E-state index in [1.807, 2.05) is 45.1 Å². The zero-order chi connectivity index (χ0) is 47.3. The van der Waals surface area contributed by atoms with Crippen LogP contribution in [0.25, 0.3) is 40.2 Å². The van der Waals surface area contributed by atoms with Gasteiger partial charge in [0.2, 0.25) is 0 Å².